The fraction of sp³-hybridized carbons (Fsp3) is 0.138. The monoisotopic (exact) mass is 559 g/mol. The number of halogens is 2. The van der Waals surface area contributed by atoms with E-state index in [-0.39, 0.29) is 35.5 Å². The third kappa shape index (κ3) is 5.62. The Bertz CT molecular complexity index is 1590. The summed E-state index contributed by atoms with van der Waals surface area (Å²) >= 11 is 6.09. The van der Waals surface area contributed by atoms with E-state index in [9.17, 15) is 14.4 Å². The van der Waals surface area contributed by atoms with Crippen molar-refractivity contribution in [3.63, 3.8) is 0 Å². The van der Waals surface area contributed by atoms with Crippen molar-refractivity contribution in [2.24, 2.45) is 0 Å². The second-order valence-corrected chi connectivity index (χ2v) is 9.54. The Labute approximate surface area is 233 Å². The van der Waals surface area contributed by atoms with Crippen molar-refractivity contribution >= 4 is 40.6 Å². The first kappa shape index (κ1) is 26.8. The zero-order valence-corrected chi connectivity index (χ0v) is 21.8. The summed E-state index contributed by atoms with van der Waals surface area (Å²) in [5.41, 5.74) is 2.29. The molecule has 0 spiro atoms. The molecule has 3 aromatic carbocycles. The van der Waals surface area contributed by atoms with Crippen molar-refractivity contribution in [1.82, 2.24) is 19.9 Å². The molecule has 0 aliphatic carbocycles. The molecule has 2 amide bonds. The van der Waals surface area contributed by atoms with Gasteiger partial charge < -0.3 is 15.3 Å². The predicted molar refractivity (Wildman–Crippen MR) is 147 cm³/mol. The van der Waals surface area contributed by atoms with Crippen molar-refractivity contribution in [2.45, 2.75) is 18.9 Å². The lowest BCUT2D eigenvalue weighted by atomic mass is 9.94. The van der Waals surface area contributed by atoms with Gasteiger partial charge in [0.1, 0.15) is 6.04 Å². The van der Waals surface area contributed by atoms with Gasteiger partial charge in [0.25, 0.3) is 0 Å². The number of aromatic carboxylic acids is 1. The molecule has 40 heavy (non-hydrogen) atoms. The molecule has 0 saturated carbocycles. The topological polar surface area (TPSA) is 117 Å². The quantitative estimate of drug-likeness (QED) is 0.325. The zero-order chi connectivity index (χ0) is 28.2. The molecule has 0 radical (unpaired) electrons. The number of nitrogens with zero attached hydrogens (tertiary/aromatic N) is 4. The van der Waals surface area contributed by atoms with Gasteiger partial charge in [0.15, 0.2) is 5.82 Å². The summed E-state index contributed by atoms with van der Waals surface area (Å²) < 4.78 is 16.7. The standard InChI is InChI=1S/C29H23ClFN5O4/c30-22-10-11-23(36-15-13-32-34-36)26(27(22)31)20-12-14-35(25(37)17-20)24(16-18-4-2-1-3-5-18)28(38)33-21-8-6-19(7-9-21)29(39)40/h1-11,13,15,17,24H,12,14,16H2,(H,33,38)(H,39,40)/t24-/m0/s1. The summed E-state index contributed by atoms with van der Waals surface area (Å²) in [6.45, 7) is 0.149. The largest absolute Gasteiger partial charge is 0.478 e. The van der Waals surface area contributed by atoms with Crippen LogP contribution in [0.3, 0.4) is 0 Å². The van der Waals surface area contributed by atoms with Gasteiger partial charge in [-0.25, -0.2) is 13.9 Å². The van der Waals surface area contributed by atoms with Crippen molar-refractivity contribution in [3.05, 3.63) is 113 Å². The maximum atomic E-state index is 15.3. The number of nitrogens with one attached hydrogen (secondary N) is 1. The number of amides is 2. The van der Waals surface area contributed by atoms with E-state index >= 15 is 4.39 Å². The number of aromatic nitrogens is 3. The molecule has 0 saturated heterocycles. The maximum Gasteiger partial charge on any atom is 0.335 e. The smallest absolute Gasteiger partial charge is 0.335 e. The van der Waals surface area contributed by atoms with Crippen LogP contribution >= 0.6 is 11.6 Å². The van der Waals surface area contributed by atoms with Gasteiger partial charge >= 0.3 is 5.97 Å². The number of carbonyl (C=O) groups excluding carboxylic acids is 2. The highest BCUT2D eigenvalue weighted by atomic mass is 35.5. The molecule has 9 nitrogen and oxygen atoms in total. The molecule has 202 valence electrons. The minimum absolute atomic E-state index is 0.0845. The van der Waals surface area contributed by atoms with Crippen LogP contribution in [0.1, 0.15) is 27.9 Å². The van der Waals surface area contributed by atoms with Crippen LogP contribution in [0, 0.1) is 5.82 Å². The number of hydrogen-bond donors (Lipinski definition) is 2. The van der Waals surface area contributed by atoms with Crippen LogP contribution in [0.15, 0.2) is 85.2 Å². The summed E-state index contributed by atoms with van der Waals surface area (Å²) in [7, 11) is 0. The van der Waals surface area contributed by atoms with E-state index < -0.39 is 29.6 Å². The first-order valence-electron chi connectivity index (χ1n) is 12.4. The molecule has 0 bridgehead atoms. The molecule has 1 atom stereocenters. The van der Waals surface area contributed by atoms with E-state index in [1.54, 1.807) is 12.3 Å². The molecule has 2 heterocycles. The fourth-order valence-electron chi connectivity index (χ4n) is 4.64. The Kier molecular flexibility index (Phi) is 7.70. The Balaban J connectivity index is 1.45. The Morgan fingerprint density at radius 3 is 2.48 bits per heavy atom. The first-order valence-corrected chi connectivity index (χ1v) is 12.7. The number of carbonyl (C=O) groups is 3. The van der Waals surface area contributed by atoms with Crippen molar-refractivity contribution in [1.29, 1.82) is 0 Å². The molecule has 0 unspecified atom stereocenters. The molecule has 5 rings (SSSR count). The lowest BCUT2D eigenvalue weighted by Crippen LogP contribution is -2.49. The lowest BCUT2D eigenvalue weighted by molar-refractivity contribution is -0.135. The Morgan fingerprint density at radius 2 is 1.82 bits per heavy atom. The second-order valence-electron chi connectivity index (χ2n) is 9.13. The highest BCUT2D eigenvalue weighted by molar-refractivity contribution is 6.31. The van der Waals surface area contributed by atoms with Crippen LogP contribution in [0.2, 0.25) is 5.02 Å². The van der Waals surface area contributed by atoms with Crippen LogP contribution in [0.5, 0.6) is 0 Å². The summed E-state index contributed by atoms with van der Waals surface area (Å²) in [4.78, 5) is 39.6. The van der Waals surface area contributed by atoms with Crippen LogP contribution in [0.4, 0.5) is 10.1 Å². The predicted octanol–water partition coefficient (Wildman–Crippen LogP) is 4.62. The summed E-state index contributed by atoms with van der Waals surface area (Å²) in [6.07, 6.45) is 4.85. The summed E-state index contributed by atoms with van der Waals surface area (Å²) in [5.74, 6) is -2.65. The molecule has 1 aliphatic heterocycles. The Hall–Kier alpha value is -4.83. The van der Waals surface area contributed by atoms with Crippen molar-refractivity contribution in [3.8, 4) is 5.69 Å². The van der Waals surface area contributed by atoms with Gasteiger partial charge in [-0.15, -0.1) is 5.10 Å². The van der Waals surface area contributed by atoms with Gasteiger partial charge in [-0.05, 0) is 54.0 Å². The zero-order valence-electron chi connectivity index (χ0n) is 21.0. The van der Waals surface area contributed by atoms with E-state index in [4.69, 9.17) is 16.7 Å². The Morgan fingerprint density at radius 1 is 1.07 bits per heavy atom. The van der Waals surface area contributed by atoms with Gasteiger partial charge in [0.2, 0.25) is 11.8 Å². The van der Waals surface area contributed by atoms with Gasteiger partial charge in [0.05, 0.1) is 28.7 Å². The van der Waals surface area contributed by atoms with Crippen LogP contribution in [-0.2, 0) is 16.0 Å². The second kappa shape index (κ2) is 11.5. The minimum atomic E-state index is -1.08. The number of rotatable bonds is 8. The van der Waals surface area contributed by atoms with E-state index in [1.807, 2.05) is 30.3 Å². The average molecular weight is 560 g/mol. The van der Waals surface area contributed by atoms with E-state index in [1.165, 1.54) is 52.2 Å². The van der Waals surface area contributed by atoms with Gasteiger partial charge in [-0.1, -0.05) is 47.1 Å². The number of benzene rings is 3. The van der Waals surface area contributed by atoms with Crippen molar-refractivity contribution < 1.29 is 23.9 Å². The highest BCUT2D eigenvalue weighted by Crippen LogP contribution is 2.34. The maximum absolute atomic E-state index is 15.3. The summed E-state index contributed by atoms with van der Waals surface area (Å²) in [5, 5.41) is 19.6. The number of carboxylic acids is 1. The normalized spacial score (nSPS) is 14.0. The lowest BCUT2D eigenvalue weighted by Gasteiger charge is -2.34. The highest BCUT2D eigenvalue weighted by Gasteiger charge is 2.33. The van der Waals surface area contributed by atoms with E-state index in [0.717, 1.165) is 5.56 Å². The van der Waals surface area contributed by atoms with Crippen molar-refractivity contribution in [2.75, 3.05) is 11.9 Å². The van der Waals surface area contributed by atoms with Crippen LogP contribution < -0.4 is 5.32 Å². The van der Waals surface area contributed by atoms with Gasteiger partial charge in [0, 0.05) is 30.3 Å². The average Bonchev–Trinajstić information content (AvgIpc) is 3.49. The molecule has 2 N–H and O–H groups in total. The molecular formula is C29H23ClFN5O4. The van der Waals surface area contributed by atoms with E-state index in [2.05, 4.69) is 15.6 Å². The molecule has 1 aliphatic rings. The fourth-order valence-corrected chi connectivity index (χ4v) is 4.80. The van der Waals surface area contributed by atoms with Crippen LogP contribution in [0.25, 0.3) is 11.3 Å². The molecular weight excluding hydrogens is 537 g/mol. The van der Waals surface area contributed by atoms with Crippen LogP contribution in [-0.4, -0.2) is 55.4 Å². The third-order valence-corrected chi connectivity index (χ3v) is 6.91. The molecule has 1 aromatic heterocycles. The molecule has 0 fully saturated rings. The number of hydrogen-bond acceptors (Lipinski definition) is 5. The number of carboxylic acid groups (broad SMARTS) is 1. The molecule has 4 aromatic rings. The van der Waals surface area contributed by atoms with Gasteiger partial charge in [-0.2, -0.15) is 0 Å². The number of anilines is 1. The SMILES string of the molecule is O=C(O)c1ccc(NC(=O)[C@H](Cc2ccccc2)N2CCC(c3c(-n4ccnn4)ccc(Cl)c3F)=CC2=O)cc1. The minimum Gasteiger partial charge on any atom is -0.478 e. The first-order chi connectivity index (χ1) is 19.3. The molecule has 11 heteroatoms. The van der Waals surface area contributed by atoms with Gasteiger partial charge in [-0.3, -0.25) is 9.59 Å². The van der Waals surface area contributed by atoms with E-state index in [0.29, 0.717) is 16.9 Å². The summed E-state index contributed by atoms with van der Waals surface area (Å²) in [6, 6.07) is 17.2. The third-order valence-electron chi connectivity index (χ3n) is 6.62.